The standard InChI is InChI=1S/C12H20N4O/c1-3-17-12-7-11(14-9-15-12)16(2)10-5-4-6-13-8-10/h7,9-10,13H,3-6,8H2,1-2H3/t10-/m1/s1. The minimum atomic E-state index is 0.508. The first-order valence-electron chi connectivity index (χ1n) is 6.19. The number of hydrogen-bond acceptors (Lipinski definition) is 5. The number of anilines is 1. The van der Waals surface area contributed by atoms with E-state index in [4.69, 9.17) is 4.74 Å². The topological polar surface area (TPSA) is 50.3 Å². The molecule has 2 heterocycles. The smallest absolute Gasteiger partial charge is 0.218 e. The van der Waals surface area contributed by atoms with Crippen molar-refractivity contribution in [2.75, 3.05) is 31.6 Å². The summed E-state index contributed by atoms with van der Waals surface area (Å²) >= 11 is 0. The monoisotopic (exact) mass is 236 g/mol. The van der Waals surface area contributed by atoms with Crippen molar-refractivity contribution in [1.82, 2.24) is 15.3 Å². The van der Waals surface area contributed by atoms with Crippen LogP contribution in [0.1, 0.15) is 19.8 Å². The second-order valence-electron chi connectivity index (χ2n) is 4.26. The van der Waals surface area contributed by atoms with Crippen LogP contribution in [0.2, 0.25) is 0 Å². The molecular formula is C12H20N4O. The molecule has 1 saturated heterocycles. The van der Waals surface area contributed by atoms with Gasteiger partial charge in [0.2, 0.25) is 5.88 Å². The van der Waals surface area contributed by atoms with Crippen LogP contribution in [0.3, 0.4) is 0 Å². The number of aromatic nitrogens is 2. The Kier molecular flexibility index (Phi) is 4.14. The van der Waals surface area contributed by atoms with E-state index in [2.05, 4.69) is 27.2 Å². The summed E-state index contributed by atoms with van der Waals surface area (Å²) in [6, 6.07) is 2.41. The highest BCUT2D eigenvalue weighted by atomic mass is 16.5. The molecule has 2 rings (SSSR count). The maximum Gasteiger partial charge on any atom is 0.218 e. The first-order chi connectivity index (χ1) is 8.31. The average molecular weight is 236 g/mol. The second-order valence-corrected chi connectivity index (χ2v) is 4.26. The number of likely N-dealkylation sites (N-methyl/N-ethyl adjacent to an activating group) is 1. The van der Waals surface area contributed by atoms with Crippen LogP contribution in [0.5, 0.6) is 5.88 Å². The summed E-state index contributed by atoms with van der Waals surface area (Å²) in [6.07, 6.45) is 3.99. The fraction of sp³-hybridized carbons (Fsp3) is 0.667. The van der Waals surface area contributed by atoms with Gasteiger partial charge in [0.1, 0.15) is 12.1 Å². The normalized spacial score (nSPS) is 20.0. The Bertz CT molecular complexity index is 352. The van der Waals surface area contributed by atoms with Crippen LogP contribution in [0.4, 0.5) is 5.82 Å². The molecule has 0 radical (unpaired) electrons. The molecule has 1 aliphatic rings. The third-order valence-electron chi connectivity index (χ3n) is 3.10. The fourth-order valence-electron chi connectivity index (χ4n) is 2.10. The average Bonchev–Trinajstić information content (AvgIpc) is 2.40. The molecule has 1 N–H and O–H groups in total. The Hall–Kier alpha value is -1.36. The van der Waals surface area contributed by atoms with Gasteiger partial charge in [0.25, 0.3) is 0 Å². The van der Waals surface area contributed by atoms with E-state index < -0.39 is 0 Å². The quantitative estimate of drug-likeness (QED) is 0.847. The Morgan fingerprint density at radius 1 is 1.53 bits per heavy atom. The van der Waals surface area contributed by atoms with Crippen molar-refractivity contribution in [2.45, 2.75) is 25.8 Å². The van der Waals surface area contributed by atoms with Crippen molar-refractivity contribution in [1.29, 1.82) is 0 Å². The zero-order valence-electron chi connectivity index (χ0n) is 10.5. The molecule has 1 aromatic heterocycles. The molecule has 1 aromatic rings. The summed E-state index contributed by atoms with van der Waals surface area (Å²) in [5, 5.41) is 3.41. The van der Waals surface area contributed by atoms with Gasteiger partial charge in [-0.25, -0.2) is 9.97 Å². The van der Waals surface area contributed by atoms with E-state index in [1.165, 1.54) is 12.8 Å². The molecule has 0 spiro atoms. The number of nitrogens with zero attached hydrogens (tertiary/aromatic N) is 3. The molecule has 0 saturated carbocycles. The SMILES string of the molecule is CCOc1cc(N(C)[C@@H]2CCCNC2)ncn1. The molecule has 0 aliphatic carbocycles. The van der Waals surface area contributed by atoms with Crippen LogP contribution in [0.15, 0.2) is 12.4 Å². The van der Waals surface area contributed by atoms with Crippen molar-refractivity contribution in [3.05, 3.63) is 12.4 Å². The van der Waals surface area contributed by atoms with Crippen molar-refractivity contribution < 1.29 is 4.74 Å². The summed E-state index contributed by atoms with van der Waals surface area (Å²) in [6.45, 7) is 4.73. The Balaban J connectivity index is 2.06. The van der Waals surface area contributed by atoms with Crippen LogP contribution < -0.4 is 15.0 Å². The Labute approximate surface area is 102 Å². The zero-order chi connectivity index (χ0) is 12.1. The van der Waals surface area contributed by atoms with E-state index in [0.717, 1.165) is 18.9 Å². The lowest BCUT2D eigenvalue weighted by molar-refractivity contribution is 0.326. The van der Waals surface area contributed by atoms with Gasteiger partial charge in [-0.05, 0) is 26.3 Å². The van der Waals surface area contributed by atoms with E-state index >= 15 is 0 Å². The van der Waals surface area contributed by atoms with Gasteiger partial charge in [0.15, 0.2) is 0 Å². The number of hydrogen-bond donors (Lipinski definition) is 1. The summed E-state index contributed by atoms with van der Waals surface area (Å²) in [7, 11) is 2.08. The van der Waals surface area contributed by atoms with E-state index in [0.29, 0.717) is 18.5 Å². The summed E-state index contributed by atoms with van der Waals surface area (Å²) in [5.74, 6) is 1.57. The molecule has 5 heteroatoms. The predicted octanol–water partition coefficient (Wildman–Crippen LogP) is 1.06. The summed E-state index contributed by atoms with van der Waals surface area (Å²) in [4.78, 5) is 10.6. The molecule has 0 bridgehead atoms. The van der Waals surface area contributed by atoms with Crippen LogP contribution >= 0.6 is 0 Å². The van der Waals surface area contributed by atoms with Crippen LogP contribution in [0, 0.1) is 0 Å². The van der Waals surface area contributed by atoms with Crippen LogP contribution in [-0.2, 0) is 0 Å². The Morgan fingerprint density at radius 2 is 2.41 bits per heavy atom. The zero-order valence-corrected chi connectivity index (χ0v) is 10.5. The first-order valence-corrected chi connectivity index (χ1v) is 6.19. The highest BCUT2D eigenvalue weighted by Gasteiger charge is 2.19. The Morgan fingerprint density at radius 3 is 3.12 bits per heavy atom. The van der Waals surface area contributed by atoms with Crippen molar-refractivity contribution in [3.63, 3.8) is 0 Å². The molecule has 1 aliphatic heterocycles. The number of piperidine rings is 1. The summed E-state index contributed by atoms with van der Waals surface area (Å²) < 4.78 is 5.39. The number of nitrogens with one attached hydrogen (secondary N) is 1. The molecule has 0 amide bonds. The third-order valence-corrected chi connectivity index (χ3v) is 3.10. The van der Waals surface area contributed by atoms with Gasteiger partial charge >= 0.3 is 0 Å². The lowest BCUT2D eigenvalue weighted by atomic mass is 10.1. The van der Waals surface area contributed by atoms with Crippen molar-refractivity contribution in [2.24, 2.45) is 0 Å². The first kappa shape index (κ1) is 12.1. The van der Waals surface area contributed by atoms with Crippen LogP contribution in [0.25, 0.3) is 0 Å². The lowest BCUT2D eigenvalue weighted by Gasteiger charge is -2.32. The van der Waals surface area contributed by atoms with E-state index in [9.17, 15) is 0 Å². The number of ether oxygens (including phenoxy) is 1. The van der Waals surface area contributed by atoms with Gasteiger partial charge in [-0.2, -0.15) is 0 Å². The number of rotatable bonds is 4. The molecule has 17 heavy (non-hydrogen) atoms. The van der Waals surface area contributed by atoms with Gasteiger partial charge < -0.3 is 15.0 Å². The molecule has 5 nitrogen and oxygen atoms in total. The predicted molar refractivity (Wildman–Crippen MR) is 67.5 cm³/mol. The van der Waals surface area contributed by atoms with Gasteiger partial charge in [0, 0.05) is 25.7 Å². The second kappa shape index (κ2) is 5.82. The minimum absolute atomic E-state index is 0.508. The molecule has 0 unspecified atom stereocenters. The van der Waals surface area contributed by atoms with E-state index in [1.54, 1.807) is 6.33 Å². The van der Waals surface area contributed by atoms with Gasteiger partial charge in [-0.1, -0.05) is 0 Å². The fourth-order valence-corrected chi connectivity index (χ4v) is 2.10. The molecular weight excluding hydrogens is 216 g/mol. The maximum atomic E-state index is 5.39. The molecule has 1 atom stereocenters. The van der Waals surface area contributed by atoms with E-state index in [-0.39, 0.29) is 0 Å². The summed E-state index contributed by atoms with van der Waals surface area (Å²) in [5.41, 5.74) is 0. The molecule has 0 aromatic carbocycles. The highest BCUT2D eigenvalue weighted by molar-refractivity contribution is 5.41. The van der Waals surface area contributed by atoms with Gasteiger partial charge in [-0.3, -0.25) is 0 Å². The lowest BCUT2D eigenvalue weighted by Crippen LogP contribution is -2.44. The molecule has 1 fully saturated rings. The van der Waals surface area contributed by atoms with Gasteiger partial charge in [-0.15, -0.1) is 0 Å². The van der Waals surface area contributed by atoms with Crippen molar-refractivity contribution >= 4 is 5.82 Å². The largest absolute Gasteiger partial charge is 0.478 e. The molecule has 94 valence electrons. The highest BCUT2D eigenvalue weighted by Crippen LogP contribution is 2.19. The third kappa shape index (κ3) is 3.06. The van der Waals surface area contributed by atoms with E-state index in [1.807, 2.05) is 13.0 Å². The van der Waals surface area contributed by atoms with Crippen LogP contribution in [-0.4, -0.2) is 42.8 Å². The van der Waals surface area contributed by atoms with Gasteiger partial charge in [0.05, 0.1) is 6.61 Å². The minimum Gasteiger partial charge on any atom is -0.478 e. The maximum absolute atomic E-state index is 5.39. The van der Waals surface area contributed by atoms with Crippen molar-refractivity contribution in [3.8, 4) is 5.88 Å².